The third-order valence-corrected chi connectivity index (χ3v) is 4.27. The summed E-state index contributed by atoms with van der Waals surface area (Å²) in [6.07, 6.45) is -0.918. The lowest BCUT2D eigenvalue weighted by Gasteiger charge is -2.11. The first-order valence-electron chi connectivity index (χ1n) is 4.67. The first-order chi connectivity index (χ1) is 7.95. The van der Waals surface area contributed by atoms with Crippen molar-refractivity contribution in [2.24, 2.45) is 0 Å². The average Bonchev–Trinajstić information content (AvgIpc) is 2.24. The predicted molar refractivity (Wildman–Crippen MR) is 90.0 cm³/mol. The zero-order valence-electron chi connectivity index (χ0n) is 8.58. The molecule has 94 valence electrons. The van der Waals surface area contributed by atoms with E-state index in [2.05, 4.69) is 73.1 Å². The number of halogens is 3. The maximum absolute atomic E-state index is 11.9. The number of aliphatic hydroxyl groups is 2. The molecule has 1 amide bonds. The Hall–Kier alpha value is 0.800. The topological polar surface area (TPSA) is 69.6 Å². The SMILES string of the molecule is O=C(NCC(O)CO)c1c(I)cc(I)cc1I. The minimum atomic E-state index is -0.918. The molecule has 1 aromatic rings. The highest BCUT2D eigenvalue weighted by Crippen LogP contribution is 2.22. The number of nitrogens with one attached hydrogen (secondary N) is 1. The summed E-state index contributed by atoms with van der Waals surface area (Å²) in [6, 6.07) is 3.83. The Balaban J connectivity index is 2.82. The smallest absolute Gasteiger partial charge is 0.253 e. The van der Waals surface area contributed by atoms with Crippen LogP contribution in [-0.2, 0) is 0 Å². The van der Waals surface area contributed by atoms with Crippen molar-refractivity contribution in [2.75, 3.05) is 13.2 Å². The molecule has 17 heavy (non-hydrogen) atoms. The Morgan fingerprint density at radius 1 is 1.29 bits per heavy atom. The van der Waals surface area contributed by atoms with Crippen LogP contribution in [-0.4, -0.2) is 35.4 Å². The van der Waals surface area contributed by atoms with Gasteiger partial charge in [0.15, 0.2) is 0 Å². The van der Waals surface area contributed by atoms with Crippen LogP contribution in [0.3, 0.4) is 0 Å². The maximum atomic E-state index is 11.9. The van der Waals surface area contributed by atoms with Crippen molar-refractivity contribution in [3.63, 3.8) is 0 Å². The Morgan fingerprint density at radius 2 is 1.82 bits per heavy atom. The third kappa shape index (κ3) is 4.76. The van der Waals surface area contributed by atoms with Crippen molar-refractivity contribution in [3.05, 3.63) is 28.4 Å². The largest absolute Gasteiger partial charge is 0.394 e. The van der Waals surface area contributed by atoms with Gasteiger partial charge in [-0.2, -0.15) is 0 Å². The Bertz CT molecular complexity index is 402. The van der Waals surface area contributed by atoms with Crippen LogP contribution in [0.15, 0.2) is 12.1 Å². The minimum Gasteiger partial charge on any atom is -0.394 e. The highest BCUT2D eigenvalue weighted by Gasteiger charge is 2.15. The normalized spacial score (nSPS) is 12.3. The fourth-order valence-corrected chi connectivity index (χ4v) is 5.20. The van der Waals surface area contributed by atoms with Gasteiger partial charge in [0.1, 0.15) is 0 Å². The van der Waals surface area contributed by atoms with Gasteiger partial charge in [-0.25, -0.2) is 0 Å². The summed E-state index contributed by atoms with van der Waals surface area (Å²) in [5.74, 6) is -0.234. The predicted octanol–water partition coefficient (Wildman–Crippen LogP) is 1.58. The summed E-state index contributed by atoms with van der Waals surface area (Å²) >= 11 is 6.42. The Morgan fingerprint density at radius 3 is 2.29 bits per heavy atom. The first-order valence-corrected chi connectivity index (χ1v) is 7.91. The zero-order chi connectivity index (χ0) is 13.0. The first kappa shape index (κ1) is 15.9. The Kier molecular flexibility index (Phi) is 6.91. The van der Waals surface area contributed by atoms with E-state index in [4.69, 9.17) is 10.2 Å². The molecule has 0 aliphatic heterocycles. The average molecular weight is 573 g/mol. The lowest BCUT2D eigenvalue weighted by Crippen LogP contribution is -2.34. The molecule has 0 heterocycles. The van der Waals surface area contributed by atoms with Crippen LogP contribution in [0.4, 0.5) is 0 Å². The van der Waals surface area contributed by atoms with Gasteiger partial charge in [0.05, 0.1) is 18.3 Å². The van der Waals surface area contributed by atoms with Crippen LogP contribution in [0.5, 0.6) is 0 Å². The summed E-state index contributed by atoms with van der Waals surface area (Å²) in [6.45, 7) is -0.311. The molecule has 0 saturated carbocycles. The Labute approximate surface area is 140 Å². The fourth-order valence-electron chi connectivity index (χ4n) is 1.12. The minimum absolute atomic E-state index is 0.0491. The van der Waals surface area contributed by atoms with Gasteiger partial charge < -0.3 is 15.5 Å². The quantitative estimate of drug-likeness (QED) is 0.480. The van der Waals surface area contributed by atoms with E-state index in [9.17, 15) is 4.79 Å². The number of amides is 1. The summed E-state index contributed by atoms with van der Waals surface area (Å²) in [5.41, 5.74) is 0.608. The molecule has 4 nitrogen and oxygen atoms in total. The number of carbonyl (C=O) groups is 1. The molecule has 1 rings (SSSR count). The summed E-state index contributed by atoms with van der Waals surface area (Å²) in [7, 11) is 0. The van der Waals surface area contributed by atoms with Crippen molar-refractivity contribution in [2.45, 2.75) is 6.10 Å². The molecule has 1 atom stereocenters. The van der Waals surface area contributed by atoms with Gasteiger partial charge in [-0.1, -0.05) is 0 Å². The van der Waals surface area contributed by atoms with E-state index in [0.29, 0.717) is 5.56 Å². The molecule has 0 fully saturated rings. The molecular weight excluding hydrogens is 563 g/mol. The molecule has 0 saturated heterocycles. The number of rotatable bonds is 4. The molecule has 0 radical (unpaired) electrons. The molecule has 3 N–H and O–H groups in total. The lowest BCUT2D eigenvalue weighted by molar-refractivity contribution is 0.0801. The van der Waals surface area contributed by atoms with Crippen molar-refractivity contribution in [1.29, 1.82) is 0 Å². The molecule has 0 aromatic heterocycles. The van der Waals surface area contributed by atoms with E-state index in [-0.39, 0.29) is 19.1 Å². The van der Waals surface area contributed by atoms with Gasteiger partial charge in [0.2, 0.25) is 0 Å². The molecule has 0 aliphatic carbocycles. The van der Waals surface area contributed by atoms with Crippen LogP contribution in [0.25, 0.3) is 0 Å². The van der Waals surface area contributed by atoms with Gasteiger partial charge in [-0.05, 0) is 79.9 Å². The summed E-state index contributed by atoms with van der Waals surface area (Å²) in [4.78, 5) is 11.9. The number of hydrogen-bond donors (Lipinski definition) is 3. The van der Waals surface area contributed by atoms with Gasteiger partial charge in [0, 0.05) is 17.3 Å². The molecule has 0 aliphatic rings. The molecule has 0 bridgehead atoms. The van der Waals surface area contributed by atoms with E-state index in [0.717, 1.165) is 10.7 Å². The van der Waals surface area contributed by atoms with Crippen LogP contribution in [0.2, 0.25) is 0 Å². The second kappa shape index (κ2) is 7.40. The summed E-state index contributed by atoms with van der Waals surface area (Å²) < 4.78 is 2.81. The number of carbonyl (C=O) groups excluding carboxylic acids is 1. The second-order valence-corrected chi connectivity index (χ2v) is 6.86. The molecule has 1 aromatic carbocycles. The van der Waals surface area contributed by atoms with Crippen LogP contribution in [0.1, 0.15) is 10.4 Å². The van der Waals surface area contributed by atoms with Crippen LogP contribution >= 0.6 is 67.8 Å². The summed E-state index contributed by atoms with van der Waals surface area (Å²) in [5, 5.41) is 20.4. The lowest BCUT2D eigenvalue weighted by atomic mass is 10.2. The van der Waals surface area contributed by atoms with E-state index >= 15 is 0 Å². The molecule has 1 unspecified atom stereocenters. The van der Waals surface area contributed by atoms with Gasteiger partial charge in [0.25, 0.3) is 5.91 Å². The monoisotopic (exact) mass is 573 g/mol. The van der Waals surface area contributed by atoms with Gasteiger partial charge >= 0.3 is 0 Å². The van der Waals surface area contributed by atoms with E-state index in [1.807, 2.05) is 12.1 Å². The maximum Gasteiger partial charge on any atom is 0.253 e. The highest BCUT2D eigenvalue weighted by atomic mass is 127. The zero-order valence-corrected chi connectivity index (χ0v) is 15.1. The van der Waals surface area contributed by atoms with Crippen LogP contribution < -0.4 is 5.32 Å². The van der Waals surface area contributed by atoms with E-state index in [1.54, 1.807) is 0 Å². The standard InChI is InChI=1S/C10H10I3NO3/c11-5-1-7(12)9(8(13)2-5)10(17)14-3-6(16)4-15/h1-2,6,15-16H,3-4H2,(H,14,17). The number of benzene rings is 1. The van der Waals surface area contributed by atoms with E-state index < -0.39 is 6.10 Å². The van der Waals surface area contributed by atoms with Gasteiger partial charge in [-0.3, -0.25) is 4.79 Å². The molecular formula is C10H10I3NO3. The fraction of sp³-hybridized carbons (Fsp3) is 0.300. The highest BCUT2D eigenvalue weighted by molar-refractivity contribution is 14.1. The second-order valence-electron chi connectivity index (χ2n) is 3.29. The van der Waals surface area contributed by atoms with E-state index in [1.165, 1.54) is 0 Å². The van der Waals surface area contributed by atoms with Crippen molar-refractivity contribution in [3.8, 4) is 0 Å². The van der Waals surface area contributed by atoms with Gasteiger partial charge in [-0.15, -0.1) is 0 Å². The number of hydrogen-bond acceptors (Lipinski definition) is 3. The van der Waals surface area contributed by atoms with Crippen molar-refractivity contribution >= 4 is 73.7 Å². The van der Waals surface area contributed by atoms with Crippen molar-refractivity contribution in [1.82, 2.24) is 5.32 Å². The molecule has 7 heteroatoms. The molecule has 0 spiro atoms. The van der Waals surface area contributed by atoms with Crippen LogP contribution in [0, 0.1) is 10.7 Å². The third-order valence-electron chi connectivity index (χ3n) is 1.94. The number of aliphatic hydroxyl groups excluding tert-OH is 2. The van der Waals surface area contributed by atoms with Crippen molar-refractivity contribution < 1.29 is 15.0 Å².